The van der Waals surface area contributed by atoms with Crippen LogP contribution in [0.15, 0.2) is 28.7 Å². The molecule has 1 N–H and O–H groups in total. The van der Waals surface area contributed by atoms with Crippen molar-refractivity contribution in [3.8, 4) is 0 Å². The maximum atomic E-state index is 13.3. The molecule has 2 aromatic rings. The number of hydrogen-bond donors (Lipinski definition) is 1. The minimum Gasteiger partial charge on any atom is -0.481 e. The number of benzene rings is 1. The first kappa shape index (κ1) is 12.2. The quantitative estimate of drug-likeness (QED) is 0.872. The van der Waals surface area contributed by atoms with E-state index in [9.17, 15) is 9.18 Å². The highest BCUT2D eigenvalue weighted by molar-refractivity contribution is 5.68. The molecule has 5 nitrogen and oxygen atoms in total. The van der Waals surface area contributed by atoms with Crippen LogP contribution >= 0.6 is 0 Å². The van der Waals surface area contributed by atoms with Gasteiger partial charge in [-0.1, -0.05) is 18.2 Å². The van der Waals surface area contributed by atoms with Gasteiger partial charge in [0.2, 0.25) is 11.8 Å². The molecule has 18 heavy (non-hydrogen) atoms. The first-order chi connectivity index (χ1) is 8.65. The van der Waals surface area contributed by atoms with Crippen molar-refractivity contribution in [2.75, 3.05) is 0 Å². The third kappa shape index (κ3) is 3.13. The molecule has 0 radical (unpaired) electrons. The van der Waals surface area contributed by atoms with Crippen molar-refractivity contribution < 1.29 is 18.7 Å². The number of rotatable bonds is 5. The van der Waals surface area contributed by atoms with Crippen molar-refractivity contribution in [1.29, 1.82) is 0 Å². The van der Waals surface area contributed by atoms with Gasteiger partial charge < -0.3 is 9.52 Å². The normalized spacial score (nSPS) is 10.5. The molecule has 0 saturated carbocycles. The van der Waals surface area contributed by atoms with E-state index in [1.54, 1.807) is 18.2 Å². The zero-order valence-corrected chi connectivity index (χ0v) is 9.47. The summed E-state index contributed by atoms with van der Waals surface area (Å²) in [6, 6.07) is 6.45. The molecule has 0 aliphatic heterocycles. The minimum absolute atomic E-state index is 0.0611. The molecule has 1 aromatic carbocycles. The van der Waals surface area contributed by atoms with E-state index in [4.69, 9.17) is 9.52 Å². The lowest BCUT2D eigenvalue weighted by atomic mass is 10.1. The smallest absolute Gasteiger partial charge is 0.312 e. The zero-order valence-electron chi connectivity index (χ0n) is 9.47. The topological polar surface area (TPSA) is 76.2 Å². The Bertz CT molecular complexity index is 554. The van der Waals surface area contributed by atoms with E-state index in [2.05, 4.69) is 10.2 Å². The number of aryl methyl sites for hydroxylation is 2. The monoisotopic (exact) mass is 250 g/mol. The summed E-state index contributed by atoms with van der Waals surface area (Å²) in [7, 11) is 0. The molecule has 0 spiro atoms. The Morgan fingerprint density at radius 2 is 1.94 bits per heavy atom. The average molecular weight is 250 g/mol. The molecule has 0 amide bonds. The van der Waals surface area contributed by atoms with E-state index in [1.165, 1.54) is 6.07 Å². The lowest BCUT2D eigenvalue weighted by molar-refractivity contribution is -0.136. The van der Waals surface area contributed by atoms with Gasteiger partial charge in [-0.25, -0.2) is 4.39 Å². The van der Waals surface area contributed by atoms with Gasteiger partial charge >= 0.3 is 5.97 Å². The molecule has 1 aromatic heterocycles. The standard InChI is InChI=1S/C12H11FN2O3/c13-9-4-2-1-3-8(9)5-6-10-14-15-11(18-10)7-12(16)17/h1-4H,5-7H2,(H,16,17). The van der Waals surface area contributed by atoms with Gasteiger partial charge in [0.15, 0.2) is 0 Å². The molecule has 0 bridgehead atoms. The van der Waals surface area contributed by atoms with Gasteiger partial charge in [-0.05, 0) is 18.1 Å². The van der Waals surface area contributed by atoms with E-state index in [1.807, 2.05) is 0 Å². The first-order valence-corrected chi connectivity index (χ1v) is 5.41. The van der Waals surface area contributed by atoms with Gasteiger partial charge in [-0.3, -0.25) is 4.79 Å². The highest BCUT2D eigenvalue weighted by Gasteiger charge is 2.10. The van der Waals surface area contributed by atoms with Crippen LogP contribution in [0.5, 0.6) is 0 Å². The summed E-state index contributed by atoms with van der Waals surface area (Å²) in [6.45, 7) is 0. The summed E-state index contributed by atoms with van der Waals surface area (Å²) in [5.41, 5.74) is 0.565. The maximum absolute atomic E-state index is 13.3. The molecule has 0 atom stereocenters. The number of aliphatic carboxylic acids is 1. The second-order valence-electron chi connectivity index (χ2n) is 3.75. The van der Waals surface area contributed by atoms with Gasteiger partial charge in [0.25, 0.3) is 0 Å². The average Bonchev–Trinajstić information content (AvgIpc) is 2.75. The molecule has 0 saturated heterocycles. The Kier molecular flexibility index (Phi) is 3.66. The van der Waals surface area contributed by atoms with Crippen LogP contribution in [-0.2, 0) is 24.1 Å². The summed E-state index contributed by atoms with van der Waals surface area (Å²) >= 11 is 0. The number of aromatic nitrogens is 2. The lowest BCUT2D eigenvalue weighted by Crippen LogP contribution is -1.99. The number of nitrogens with zero attached hydrogens (tertiary/aromatic N) is 2. The number of hydrogen-bond acceptors (Lipinski definition) is 4. The van der Waals surface area contributed by atoms with E-state index in [0.717, 1.165) is 0 Å². The Morgan fingerprint density at radius 1 is 1.22 bits per heavy atom. The molecule has 6 heteroatoms. The predicted octanol–water partition coefficient (Wildman–Crippen LogP) is 1.62. The third-order valence-electron chi connectivity index (χ3n) is 2.38. The maximum Gasteiger partial charge on any atom is 0.312 e. The van der Waals surface area contributed by atoms with E-state index in [-0.39, 0.29) is 18.1 Å². The van der Waals surface area contributed by atoms with E-state index in [0.29, 0.717) is 24.3 Å². The van der Waals surface area contributed by atoms with Crippen molar-refractivity contribution >= 4 is 5.97 Å². The zero-order chi connectivity index (χ0) is 13.0. The van der Waals surface area contributed by atoms with Crippen LogP contribution in [-0.4, -0.2) is 21.3 Å². The summed E-state index contributed by atoms with van der Waals surface area (Å²) in [4.78, 5) is 10.4. The van der Waals surface area contributed by atoms with Crippen LogP contribution in [0.4, 0.5) is 4.39 Å². The number of carbonyl (C=O) groups is 1. The fourth-order valence-corrected chi connectivity index (χ4v) is 1.53. The van der Waals surface area contributed by atoms with Crippen LogP contribution < -0.4 is 0 Å². The summed E-state index contributed by atoms with van der Waals surface area (Å²) < 4.78 is 18.5. The van der Waals surface area contributed by atoms with Crippen LogP contribution in [0.3, 0.4) is 0 Å². The minimum atomic E-state index is -1.03. The summed E-state index contributed by atoms with van der Waals surface area (Å²) in [5, 5.41) is 15.9. The summed E-state index contributed by atoms with van der Waals surface area (Å²) in [6.07, 6.45) is 0.516. The van der Waals surface area contributed by atoms with Crippen molar-refractivity contribution in [1.82, 2.24) is 10.2 Å². The van der Waals surface area contributed by atoms with Crippen LogP contribution in [0.1, 0.15) is 17.3 Å². The van der Waals surface area contributed by atoms with Crippen LogP contribution in [0.25, 0.3) is 0 Å². The molecule has 94 valence electrons. The number of halogens is 1. The molecule has 0 aliphatic carbocycles. The van der Waals surface area contributed by atoms with Gasteiger partial charge in [-0.2, -0.15) is 0 Å². The van der Waals surface area contributed by atoms with Crippen molar-refractivity contribution in [3.05, 3.63) is 47.4 Å². The Morgan fingerprint density at radius 3 is 2.67 bits per heavy atom. The Balaban J connectivity index is 1.96. The second kappa shape index (κ2) is 5.39. The molecule has 1 heterocycles. The van der Waals surface area contributed by atoms with Gasteiger partial charge in [-0.15, -0.1) is 10.2 Å². The second-order valence-corrected chi connectivity index (χ2v) is 3.75. The SMILES string of the molecule is O=C(O)Cc1nnc(CCc2ccccc2F)o1. The van der Waals surface area contributed by atoms with Gasteiger partial charge in [0, 0.05) is 6.42 Å². The van der Waals surface area contributed by atoms with Gasteiger partial charge in [0.1, 0.15) is 12.2 Å². The molecule has 0 aliphatic rings. The van der Waals surface area contributed by atoms with Crippen LogP contribution in [0, 0.1) is 5.82 Å². The number of carboxylic acid groups (broad SMARTS) is 1. The molecule has 0 fully saturated rings. The predicted molar refractivity (Wildman–Crippen MR) is 59.4 cm³/mol. The van der Waals surface area contributed by atoms with Gasteiger partial charge in [0.05, 0.1) is 0 Å². The van der Waals surface area contributed by atoms with Crippen molar-refractivity contribution in [3.63, 3.8) is 0 Å². The first-order valence-electron chi connectivity index (χ1n) is 5.41. The summed E-state index contributed by atoms with van der Waals surface area (Å²) in [5.74, 6) is -0.928. The lowest BCUT2D eigenvalue weighted by Gasteiger charge is -1.99. The molecule has 0 unspecified atom stereocenters. The fraction of sp³-hybridized carbons (Fsp3) is 0.250. The highest BCUT2D eigenvalue weighted by atomic mass is 19.1. The van der Waals surface area contributed by atoms with E-state index < -0.39 is 5.97 Å². The van der Waals surface area contributed by atoms with E-state index >= 15 is 0 Å². The highest BCUT2D eigenvalue weighted by Crippen LogP contribution is 2.10. The molecule has 2 rings (SSSR count). The third-order valence-corrected chi connectivity index (χ3v) is 2.38. The van der Waals surface area contributed by atoms with Crippen LogP contribution in [0.2, 0.25) is 0 Å². The number of carboxylic acids is 1. The molecular weight excluding hydrogens is 239 g/mol. The van der Waals surface area contributed by atoms with Crippen molar-refractivity contribution in [2.45, 2.75) is 19.3 Å². The molecular formula is C12H11FN2O3. The fourth-order valence-electron chi connectivity index (χ4n) is 1.53. The van der Waals surface area contributed by atoms with Crippen molar-refractivity contribution in [2.24, 2.45) is 0 Å². The largest absolute Gasteiger partial charge is 0.481 e. The Labute approximate surface area is 102 Å². The Hall–Kier alpha value is -2.24.